The van der Waals surface area contributed by atoms with Crippen LogP contribution in [-0.4, -0.2) is 32.2 Å². The number of nitrogens with zero attached hydrogens (tertiary/aromatic N) is 3. The van der Waals surface area contributed by atoms with Gasteiger partial charge in [0.15, 0.2) is 0 Å². The van der Waals surface area contributed by atoms with Gasteiger partial charge in [0.25, 0.3) is 0 Å². The molecule has 1 saturated heterocycles. The number of benzene rings is 1. The van der Waals surface area contributed by atoms with Crippen LogP contribution in [0.4, 0.5) is 0 Å². The van der Waals surface area contributed by atoms with E-state index < -0.39 is 17.4 Å². The summed E-state index contributed by atoms with van der Waals surface area (Å²) in [4.78, 5) is 15.0. The number of carbonyl (C=O) groups is 1. The number of hydrogen-bond donors (Lipinski definition) is 1. The lowest BCUT2D eigenvalue weighted by atomic mass is 9.68. The fourth-order valence-corrected chi connectivity index (χ4v) is 3.05. The number of esters is 1. The van der Waals surface area contributed by atoms with Gasteiger partial charge in [-0.15, -0.1) is 0 Å². The highest BCUT2D eigenvalue weighted by Gasteiger charge is 2.45. The largest absolute Gasteiger partial charge is 0.469 e. The molecular formula is C14H17ClN4O2. The average Bonchev–Trinajstić information content (AvgIpc) is 2.53. The molecule has 112 valence electrons. The summed E-state index contributed by atoms with van der Waals surface area (Å²) in [7, 11) is 1.30. The van der Waals surface area contributed by atoms with E-state index in [1.165, 1.54) is 7.11 Å². The van der Waals surface area contributed by atoms with Crippen molar-refractivity contribution in [2.24, 2.45) is 5.11 Å². The van der Waals surface area contributed by atoms with Crippen LogP contribution in [0.5, 0.6) is 0 Å². The first kappa shape index (κ1) is 15.6. The molecule has 21 heavy (non-hydrogen) atoms. The Hall–Kier alpha value is -1.75. The van der Waals surface area contributed by atoms with Crippen LogP contribution in [0.3, 0.4) is 0 Å². The van der Waals surface area contributed by atoms with E-state index in [-0.39, 0.29) is 0 Å². The Labute approximate surface area is 128 Å². The van der Waals surface area contributed by atoms with Crippen molar-refractivity contribution in [3.8, 4) is 0 Å². The minimum absolute atomic E-state index is 0.510. The third-order valence-corrected chi connectivity index (χ3v) is 4.28. The fraction of sp³-hybridized carbons (Fsp3) is 0.500. The second-order valence-corrected chi connectivity index (χ2v) is 5.48. The molecule has 7 heteroatoms. The van der Waals surface area contributed by atoms with Crippen LogP contribution in [0.2, 0.25) is 5.02 Å². The van der Waals surface area contributed by atoms with Crippen LogP contribution in [0.25, 0.3) is 10.4 Å². The van der Waals surface area contributed by atoms with Crippen molar-refractivity contribution in [3.63, 3.8) is 0 Å². The summed E-state index contributed by atoms with van der Waals surface area (Å²) in [5.41, 5.74) is 9.21. The third kappa shape index (κ3) is 3.13. The Morgan fingerprint density at radius 1 is 1.43 bits per heavy atom. The number of hydrogen-bond acceptors (Lipinski definition) is 4. The number of azide groups is 1. The number of halogens is 1. The van der Waals surface area contributed by atoms with Crippen LogP contribution in [0.15, 0.2) is 29.4 Å². The predicted octanol–water partition coefficient (Wildman–Crippen LogP) is 2.81. The van der Waals surface area contributed by atoms with Crippen LogP contribution in [0.1, 0.15) is 18.4 Å². The quantitative estimate of drug-likeness (QED) is 0.401. The van der Waals surface area contributed by atoms with Gasteiger partial charge in [0, 0.05) is 15.3 Å². The highest BCUT2D eigenvalue weighted by Crippen LogP contribution is 2.39. The topological polar surface area (TPSA) is 87.1 Å². The van der Waals surface area contributed by atoms with Gasteiger partial charge in [-0.05, 0) is 49.2 Å². The van der Waals surface area contributed by atoms with Gasteiger partial charge in [0.1, 0.15) is 6.04 Å². The zero-order valence-corrected chi connectivity index (χ0v) is 12.5. The van der Waals surface area contributed by atoms with E-state index in [0.29, 0.717) is 17.9 Å². The molecular weight excluding hydrogens is 292 g/mol. The first-order chi connectivity index (χ1) is 10.1. The summed E-state index contributed by atoms with van der Waals surface area (Å²) >= 11 is 5.94. The highest BCUT2D eigenvalue weighted by atomic mass is 35.5. The summed E-state index contributed by atoms with van der Waals surface area (Å²) in [6.07, 6.45) is 1.38. The maximum atomic E-state index is 12.1. The lowest BCUT2D eigenvalue weighted by Gasteiger charge is -2.41. The number of nitrogens with one attached hydrogen (secondary N) is 1. The Bertz CT molecular complexity index is 549. The van der Waals surface area contributed by atoms with Gasteiger partial charge in [-0.3, -0.25) is 4.79 Å². The van der Waals surface area contributed by atoms with E-state index >= 15 is 0 Å². The predicted molar refractivity (Wildman–Crippen MR) is 80.2 cm³/mol. The maximum Gasteiger partial charge on any atom is 0.315 e. The highest BCUT2D eigenvalue weighted by molar-refractivity contribution is 6.30. The third-order valence-electron chi connectivity index (χ3n) is 4.03. The Morgan fingerprint density at radius 2 is 2.05 bits per heavy atom. The summed E-state index contributed by atoms with van der Waals surface area (Å²) in [5.74, 6) is -0.510. The minimum Gasteiger partial charge on any atom is -0.469 e. The first-order valence-electron chi connectivity index (χ1n) is 6.73. The van der Waals surface area contributed by atoms with Crippen molar-refractivity contribution in [2.45, 2.75) is 24.3 Å². The van der Waals surface area contributed by atoms with Gasteiger partial charge in [-0.2, -0.15) is 0 Å². The molecule has 1 aromatic carbocycles. The standard InChI is InChI=1S/C14H17ClN4O2/c1-21-13(20)12(18-19-16)14(6-8-17-9-7-14)10-2-4-11(15)5-3-10/h2-5,12,17H,6-9H2,1H3/t12-/m1/s1. The molecule has 1 aliphatic heterocycles. The zero-order chi connectivity index (χ0) is 15.3. The molecule has 1 atom stereocenters. The normalized spacial score (nSPS) is 18.4. The molecule has 1 N–H and O–H groups in total. The molecule has 0 radical (unpaired) electrons. The van der Waals surface area contributed by atoms with E-state index in [0.717, 1.165) is 18.7 Å². The number of methoxy groups -OCH3 is 1. The Morgan fingerprint density at radius 3 is 2.57 bits per heavy atom. The molecule has 0 spiro atoms. The van der Waals surface area contributed by atoms with Crippen LogP contribution >= 0.6 is 11.6 Å². The number of carbonyl (C=O) groups excluding carboxylic acids is 1. The molecule has 0 bridgehead atoms. The average molecular weight is 309 g/mol. The molecule has 6 nitrogen and oxygen atoms in total. The Kier molecular flexibility index (Phi) is 5.07. The van der Waals surface area contributed by atoms with Crippen LogP contribution in [-0.2, 0) is 14.9 Å². The van der Waals surface area contributed by atoms with Crippen LogP contribution in [0, 0.1) is 0 Å². The molecule has 2 rings (SSSR count). The number of rotatable bonds is 4. The molecule has 1 fully saturated rings. The van der Waals surface area contributed by atoms with Crippen molar-refractivity contribution >= 4 is 17.6 Å². The van der Waals surface area contributed by atoms with Gasteiger partial charge in [0.2, 0.25) is 0 Å². The molecule has 0 saturated carbocycles. The van der Waals surface area contributed by atoms with Crippen molar-refractivity contribution in [3.05, 3.63) is 45.3 Å². The minimum atomic E-state index is -0.879. The van der Waals surface area contributed by atoms with E-state index in [2.05, 4.69) is 15.3 Å². The summed E-state index contributed by atoms with van der Waals surface area (Å²) in [6, 6.07) is 6.46. The maximum absolute atomic E-state index is 12.1. The summed E-state index contributed by atoms with van der Waals surface area (Å²) in [5, 5.41) is 7.62. The van der Waals surface area contributed by atoms with E-state index in [1.807, 2.05) is 12.1 Å². The van der Waals surface area contributed by atoms with Gasteiger partial charge < -0.3 is 10.1 Å². The zero-order valence-electron chi connectivity index (χ0n) is 11.8. The van der Waals surface area contributed by atoms with E-state index in [4.69, 9.17) is 21.9 Å². The lowest BCUT2D eigenvalue weighted by molar-refractivity contribution is -0.144. The fourth-order valence-electron chi connectivity index (χ4n) is 2.92. The summed E-state index contributed by atoms with van der Waals surface area (Å²) in [6.45, 7) is 1.49. The van der Waals surface area contributed by atoms with Crippen molar-refractivity contribution in [2.75, 3.05) is 20.2 Å². The van der Waals surface area contributed by atoms with E-state index in [1.54, 1.807) is 12.1 Å². The lowest BCUT2D eigenvalue weighted by Crippen LogP contribution is -2.50. The molecule has 0 unspecified atom stereocenters. The van der Waals surface area contributed by atoms with Gasteiger partial charge >= 0.3 is 5.97 Å². The molecule has 1 aromatic rings. The number of piperidine rings is 1. The monoisotopic (exact) mass is 308 g/mol. The second-order valence-electron chi connectivity index (χ2n) is 5.04. The second kappa shape index (κ2) is 6.80. The molecule has 0 amide bonds. The van der Waals surface area contributed by atoms with Gasteiger partial charge in [-0.25, -0.2) is 0 Å². The SMILES string of the molecule is COC(=O)[C@@H](N=[N+]=[N-])C1(c2ccc(Cl)cc2)CCNCC1. The van der Waals surface area contributed by atoms with E-state index in [9.17, 15) is 4.79 Å². The summed E-state index contributed by atoms with van der Waals surface area (Å²) < 4.78 is 4.84. The number of ether oxygens (including phenoxy) is 1. The van der Waals surface area contributed by atoms with Crippen molar-refractivity contribution in [1.82, 2.24) is 5.32 Å². The smallest absolute Gasteiger partial charge is 0.315 e. The molecule has 1 heterocycles. The van der Waals surface area contributed by atoms with Crippen LogP contribution < -0.4 is 5.32 Å². The first-order valence-corrected chi connectivity index (χ1v) is 7.10. The van der Waals surface area contributed by atoms with Gasteiger partial charge in [-0.1, -0.05) is 28.8 Å². The molecule has 1 aliphatic rings. The van der Waals surface area contributed by atoms with Crippen molar-refractivity contribution in [1.29, 1.82) is 0 Å². The molecule has 0 aromatic heterocycles. The van der Waals surface area contributed by atoms with Gasteiger partial charge in [0.05, 0.1) is 7.11 Å². The Balaban J connectivity index is 2.51. The molecule has 0 aliphatic carbocycles. The van der Waals surface area contributed by atoms with Crippen molar-refractivity contribution < 1.29 is 9.53 Å².